The third-order valence-electron chi connectivity index (χ3n) is 5.58. The molecule has 16 heteroatoms. The van der Waals surface area contributed by atoms with Crippen LogP contribution in [0.1, 0.15) is 25.6 Å². The largest absolute Gasteiger partial charge is 0.560 e. The Morgan fingerprint density at radius 3 is 2.73 bits per heavy atom. The number of phosphoric ester groups is 1. The van der Waals surface area contributed by atoms with Crippen molar-refractivity contribution >= 4 is 30.8 Å². The summed E-state index contributed by atoms with van der Waals surface area (Å²) in [7, 11) is -4.69. The Bertz CT molecular complexity index is 1290. The van der Waals surface area contributed by atoms with Crippen molar-refractivity contribution in [2.45, 2.75) is 50.5 Å². The van der Waals surface area contributed by atoms with Crippen molar-refractivity contribution in [3.63, 3.8) is 0 Å². The van der Waals surface area contributed by atoms with Crippen LogP contribution in [0.5, 0.6) is 0 Å². The van der Waals surface area contributed by atoms with Crippen LogP contribution >= 0.6 is 7.82 Å². The Hall–Kier alpha value is -3.01. The van der Waals surface area contributed by atoms with E-state index in [0.717, 1.165) is 0 Å². The lowest BCUT2D eigenvalue weighted by Gasteiger charge is -2.27. The number of aliphatic hydroxyl groups is 2. The van der Waals surface area contributed by atoms with Gasteiger partial charge in [0.25, 0.3) is 0 Å². The molecule has 1 unspecified atom stereocenters. The van der Waals surface area contributed by atoms with Gasteiger partial charge >= 0.3 is 13.8 Å². The van der Waals surface area contributed by atoms with Crippen LogP contribution in [0, 0.1) is 0 Å². The minimum absolute atomic E-state index is 0.117. The van der Waals surface area contributed by atoms with E-state index in [1.807, 2.05) is 0 Å². The van der Waals surface area contributed by atoms with Crippen molar-refractivity contribution in [1.29, 1.82) is 0 Å². The van der Waals surface area contributed by atoms with Crippen molar-refractivity contribution in [3.05, 3.63) is 48.5 Å². The number of nitrogen functional groups attached to an aromatic ring is 1. The van der Waals surface area contributed by atoms with Gasteiger partial charge in [0.05, 0.1) is 12.9 Å². The van der Waals surface area contributed by atoms with Crippen LogP contribution in [0.25, 0.3) is 11.2 Å². The zero-order valence-electron chi connectivity index (χ0n) is 19.9. The van der Waals surface area contributed by atoms with Gasteiger partial charge in [-0.1, -0.05) is 30.3 Å². The summed E-state index contributed by atoms with van der Waals surface area (Å²) in [6.45, 7) is 1.88. The van der Waals surface area contributed by atoms with Crippen LogP contribution in [0.2, 0.25) is 0 Å². The van der Waals surface area contributed by atoms with Crippen LogP contribution < -0.4 is 11.5 Å². The minimum atomic E-state index is -4.69. The summed E-state index contributed by atoms with van der Waals surface area (Å²) in [6, 6.07) is 7.63. The van der Waals surface area contributed by atoms with E-state index in [0.29, 0.717) is 5.56 Å². The van der Waals surface area contributed by atoms with E-state index in [1.165, 1.54) is 31.1 Å². The van der Waals surface area contributed by atoms with Crippen molar-refractivity contribution in [2.75, 3.05) is 12.3 Å². The summed E-state index contributed by atoms with van der Waals surface area (Å²) in [6.07, 6.45) is -1.46. The number of carbonyl (C=O) groups excluding carboxylic acids is 1. The quantitative estimate of drug-likeness (QED) is 0.158. The molecule has 1 fully saturated rings. The molecule has 6 N–H and O–H groups in total. The smallest absolute Gasteiger partial charge is 0.387 e. The third-order valence-corrected chi connectivity index (χ3v) is 6.73. The predicted octanol–water partition coefficient (Wildman–Crippen LogP) is 0.581. The van der Waals surface area contributed by atoms with Gasteiger partial charge in [-0.25, -0.2) is 29.2 Å². The highest BCUT2D eigenvalue weighted by Crippen LogP contribution is 2.51. The van der Waals surface area contributed by atoms with Gasteiger partial charge in [0.1, 0.15) is 42.3 Å². The summed E-state index contributed by atoms with van der Waals surface area (Å²) in [5.74, 6) is -0.960. The van der Waals surface area contributed by atoms with Gasteiger partial charge in [0.15, 0.2) is 17.7 Å². The molecule has 6 atom stereocenters. The molecule has 1 aromatic carbocycles. The second kappa shape index (κ2) is 10.8. The van der Waals surface area contributed by atoms with Gasteiger partial charge < -0.3 is 30.9 Å². The lowest BCUT2D eigenvalue weighted by molar-refractivity contribution is -0.237. The van der Waals surface area contributed by atoms with Gasteiger partial charge in [0, 0.05) is 0 Å². The molecule has 0 saturated carbocycles. The van der Waals surface area contributed by atoms with Crippen LogP contribution in [0.15, 0.2) is 43.0 Å². The number of carbonyl (C=O) groups is 1. The highest BCUT2D eigenvalue weighted by molar-refractivity contribution is 7.48. The molecule has 0 aliphatic carbocycles. The maximum absolute atomic E-state index is 13.2. The maximum Gasteiger partial charge on any atom is 0.560 e. The van der Waals surface area contributed by atoms with Gasteiger partial charge in [-0.3, -0.25) is 9.09 Å². The van der Waals surface area contributed by atoms with Crippen molar-refractivity contribution in [2.24, 2.45) is 5.73 Å². The van der Waals surface area contributed by atoms with E-state index in [9.17, 15) is 19.6 Å². The first-order chi connectivity index (χ1) is 17.5. The summed E-state index contributed by atoms with van der Waals surface area (Å²) >= 11 is 0. The molecule has 2 aromatic heterocycles. The Labute approximate surface area is 210 Å². The SMILES string of the molecule is C[C@H](N)C(=O)OP(=O)(OC[C@H]1O[C@@H](n2cnc3c(N)ncnc32)[C@](C)(O)[C@@H]1O)OOCc1ccccc1. The van der Waals surface area contributed by atoms with E-state index in [2.05, 4.69) is 15.0 Å². The number of nitrogens with two attached hydrogens (primary N) is 2. The number of rotatable bonds is 10. The number of hydrogen-bond acceptors (Lipinski definition) is 14. The normalized spacial score (nSPS) is 26.1. The molecule has 3 aromatic rings. The number of imidazole rings is 1. The molecule has 200 valence electrons. The molecule has 4 rings (SSSR count). The van der Waals surface area contributed by atoms with Gasteiger partial charge in [-0.2, -0.15) is 0 Å². The number of hydrogen-bond donors (Lipinski definition) is 4. The lowest BCUT2D eigenvalue weighted by atomic mass is 9.96. The Morgan fingerprint density at radius 2 is 2.03 bits per heavy atom. The van der Waals surface area contributed by atoms with Gasteiger partial charge in [-0.05, 0) is 19.4 Å². The molecular formula is C21H27N6O9P. The maximum atomic E-state index is 13.2. The lowest BCUT2D eigenvalue weighted by Crippen LogP contribution is -2.44. The number of phosphoric acid groups is 1. The highest BCUT2D eigenvalue weighted by Gasteiger charge is 2.54. The summed E-state index contributed by atoms with van der Waals surface area (Å²) in [4.78, 5) is 29.1. The molecule has 0 spiro atoms. The molecular weight excluding hydrogens is 511 g/mol. The second-order valence-corrected chi connectivity index (χ2v) is 10.0. The number of aliphatic hydroxyl groups excluding tert-OH is 1. The molecule has 1 aliphatic rings. The molecule has 1 aliphatic heterocycles. The minimum Gasteiger partial charge on any atom is -0.387 e. The second-order valence-electron chi connectivity index (χ2n) is 8.54. The topological polar surface area (TPSA) is 216 Å². The first-order valence-corrected chi connectivity index (χ1v) is 12.6. The Kier molecular flexibility index (Phi) is 7.87. The Balaban J connectivity index is 1.48. The summed E-state index contributed by atoms with van der Waals surface area (Å²) in [5, 5.41) is 21.8. The number of ether oxygens (including phenoxy) is 1. The van der Waals surface area contributed by atoms with E-state index in [1.54, 1.807) is 30.3 Å². The highest BCUT2D eigenvalue weighted by atomic mass is 31.2. The summed E-state index contributed by atoms with van der Waals surface area (Å²) < 4.78 is 35.3. The van der Waals surface area contributed by atoms with E-state index in [4.69, 9.17) is 34.8 Å². The number of benzene rings is 1. The molecule has 37 heavy (non-hydrogen) atoms. The first kappa shape index (κ1) is 27.0. The van der Waals surface area contributed by atoms with Crippen molar-refractivity contribution in [3.8, 4) is 0 Å². The number of nitrogens with zero attached hydrogens (tertiary/aromatic N) is 4. The monoisotopic (exact) mass is 538 g/mol. The predicted molar refractivity (Wildman–Crippen MR) is 126 cm³/mol. The third kappa shape index (κ3) is 5.79. The number of anilines is 1. The van der Waals surface area contributed by atoms with Crippen LogP contribution in [0.4, 0.5) is 5.82 Å². The zero-order valence-corrected chi connectivity index (χ0v) is 20.8. The van der Waals surface area contributed by atoms with Gasteiger partial charge in [-0.15, -0.1) is 4.67 Å². The van der Waals surface area contributed by atoms with Crippen LogP contribution in [0.3, 0.4) is 0 Å². The number of fused-ring (bicyclic) bond motifs is 1. The van der Waals surface area contributed by atoms with Gasteiger partial charge in [0.2, 0.25) is 0 Å². The van der Waals surface area contributed by atoms with Crippen LogP contribution in [-0.4, -0.2) is 66.2 Å². The molecule has 0 bridgehead atoms. The average molecular weight is 538 g/mol. The van der Waals surface area contributed by atoms with Crippen molar-refractivity contribution < 1.29 is 42.9 Å². The van der Waals surface area contributed by atoms with Crippen molar-refractivity contribution in [1.82, 2.24) is 19.5 Å². The fourth-order valence-corrected chi connectivity index (χ4v) is 4.60. The fourth-order valence-electron chi connectivity index (χ4n) is 3.57. The molecule has 0 amide bonds. The van der Waals surface area contributed by atoms with E-state index < -0.39 is 50.5 Å². The number of aromatic nitrogens is 4. The standard InChI is InChI=1S/C21H27N6O9P/c1-12(22)19(29)35-37(31,36-32-8-13-6-4-3-5-7-13)33-9-14-16(28)21(2,30)20(34-14)27-11-26-15-17(23)24-10-25-18(15)27/h3-7,10-12,14,16,20,28,30H,8-9,22H2,1-2H3,(H2,23,24,25)/t12-,14+,16+,20+,21+,37?/m0/s1. The fraction of sp³-hybridized carbons (Fsp3) is 0.429. The molecule has 0 radical (unpaired) electrons. The molecule has 3 heterocycles. The van der Waals surface area contributed by atoms with Crippen LogP contribution in [-0.2, 0) is 39.3 Å². The molecule has 1 saturated heterocycles. The van der Waals surface area contributed by atoms with E-state index >= 15 is 0 Å². The first-order valence-electron chi connectivity index (χ1n) is 11.1. The Morgan fingerprint density at radius 1 is 1.30 bits per heavy atom. The zero-order chi connectivity index (χ0) is 26.8. The summed E-state index contributed by atoms with van der Waals surface area (Å²) in [5.41, 5.74) is 10.6. The average Bonchev–Trinajstić information content (AvgIpc) is 3.38. The van der Waals surface area contributed by atoms with E-state index in [-0.39, 0.29) is 23.6 Å². The molecule has 15 nitrogen and oxygen atoms in total.